The van der Waals surface area contributed by atoms with E-state index in [0.717, 1.165) is 17.7 Å². The average Bonchev–Trinajstić information content (AvgIpc) is 2.68. The molecule has 2 aromatic rings. The molecule has 166 valence electrons. The summed E-state index contributed by atoms with van der Waals surface area (Å²) in [5, 5.41) is 6.18. The molecule has 0 fully saturated rings. The predicted octanol–water partition coefficient (Wildman–Crippen LogP) is 4.89. The number of halogens is 4. The number of hydrogen-bond acceptors (Lipinski definition) is 2. The summed E-state index contributed by atoms with van der Waals surface area (Å²) in [5.41, 5.74) is 0.845. The van der Waals surface area contributed by atoms with Gasteiger partial charge in [-0.2, -0.15) is 13.2 Å². The van der Waals surface area contributed by atoms with Gasteiger partial charge in [0, 0.05) is 28.9 Å². The Labute approximate surface area is 195 Å². The zero-order chi connectivity index (χ0) is 21.3. The maximum Gasteiger partial charge on any atom is 0.416 e. The number of guanidine groups is 1. The lowest BCUT2D eigenvalue weighted by molar-refractivity contribution is -0.137. The molecule has 0 saturated carbocycles. The fraction of sp³-hybridized carbons (Fsp3) is 0.381. The van der Waals surface area contributed by atoms with Gasteiger partial charge >= 0.3 is 6.18 Å². The molecule has 2 atom stereocenters. The Morgan fingerprint density at radius 2 is 1.83 bits per heavy atom. The number of hydrogen-bond donors (Lipinski definition) is 2. The van der Waals surface area contributed by atoms with Crippen LogP contribution in [0.15, 0.2) is 59.6 Å². The van der Waals surface area contributed by atoms with Gasteiger partial charge in [-0.05, 0) is 37.1 Å². The number of nitrogens with zero attached hydrogens (tertiary/aromatic N) is 1. The van der Waals surface area contributed by atoms with Gasteiger partial charge in [0.25, 0.3) is 0 Å². The van der Waals surface area contributed by atoms with Crippen LogP contribution in [0.2, 0.25) is 0 Å². The quantitative estimate of drug-likeness (QED) is 0.278. The zero-order valence-corrected chi connectivity index (χ0v) is 20.1. The van der Waals surface area contributed by atoms with Crippen LogP contribution in [-0.2, 0) is 22.7 Å². The van der Waals surface area contributed by atoms with E-state index >= 15 is 0 Å². The normalized spacial score (nSPS) is 13.8. The third kappa shape index (κ3) is 9.03. The molecule has 0 heterocycles. The van der Waals surface area contributed by atoms with Gasteiger partial charge in [-0.25, -0.2) is 0 Å². The molecule has 0 amide bonds. The van der Waals surface area contributed by atoms with E-state index in [4.69, 9.17) is 0 Å². The summed E-state index contributed by atoms with van der Waals surface area (Å²) in [6, 6.07) is 14.5. The molecular formula is C21H27F3IN3OS. The first-order valence-corrected chi connectivity index (χ1v) is 10.9. The molecule has 2 aromatic carbocycles. The van der Waals surface area contributed by atoms with Crippen LogP contribution >= 0.6 is 24.0 Å². The van der Waals surface area contributed by atoms with Crippen molar-refractivity contribution in [3.8, 4) is 0 Å². The largest absolute Gasteiger partial charge is 0.416 e. The van der Waals surface area contributed by atoms with Crippen LogP contribution in [0.3, 0.4) is 0 Å². The Balaban J connectivity index is 0.00000450. The third-order valence-corrected chi connectivity index (χ3v) is 5.46. The minimum atomic E-state index is -4.38. The van der Waals surface area contributed by atoms with Crippen molar-refractivity contribution >= 4 is 40.7 Å². The highest BCUT2D eigenvalue weighted by Crippen LogP contribution is 2.30. The van der Waals surface area contributed by atoms with E-state index in [0.29, 0.717) is 36.1 Å². The van der Waals surface area contributed by atoms with E-state index in [2.05, 4.69) is 15.6 Å². The molecular weight excluding hydrogens is 526 g/mol. The molecule has 0 spiro atoms. The first-order valence-electron chi connectivity index (χ1n) is 9.40. The smallest absolute Gasteiger partial charge is 0.357 e. The molecule has 0 aliphatic rings. The lowest BCUT2D eigenvalue weighted by atomic mass is 10.1. The summed E-state index contributed by atoms with van der Waals surface area (Å²) >= 11 is 0. The Morgan fingerprint density at radius 1 is 1.13 bits per heavy atom. The summed E-state index contributed by atoms with van der Waals surface area (Å²) in [6.45, 7) is 4.63. The second kappa shape index (κ2) is 12.9. The minimum absolute atomic E-state index is 0. The molecule has 9 heteroatoms. The summed E-state index contributed by atoms with van der Waals surface area (Å²) in [4.78, 5) is 4.41. The van der Waals surface area contributed by atoms with E-state index in [1.807, 2.05) is 37.3 Å². The minimum Gasteiger partial charge on any atom is -0.357 e. The highest BCUT2D eigenvalue weighted by Gasteiger charge is 2.30. The summed E-state index contributed by atoms with van der Waals surface area (Å²) in [7, 11) is -1.04. The SMILES string of the molecule is CCNC(=NCCS(=O)Cc1ccccc1)NC(C)c1cccc(C(F)(F)F)c1.I. The molecule has 30 heavy (non-hydrogen) atoms. The molecule has 0 aromatic heterocycles. The van der Waals surface area contributed by atoms with Crippen molar-refractivity contribution in [3.05, 3.63) is 71.3 Å². The van der Waals surface area contributed by atoms with Gasteiger partial charge in [0.1, 0.15) is 0 Å². The Hall–Kier alpha value is -1.62. The fourth-order valence-electron chi connectivity index (χ4n) is 2.68. The first kappa shape index (κ1) is 26.4. The number of aliphatic imine (C=N–C) groups is 1. The monoisotopic (exact) mass is 553 g/mol. The summed E-state index contributed by atoms with van der Waals surface area (Å²) in [5.74, 6) is 1.36. The van der Waals surface area contributed by atoms with Gasteiger partial charge in [0.05, 0.1) is 18.2 Å². The van der Waals surface area contributed by atoms with E-state index in [1.165, 1.54) is 6.07 Å². The fourth-order valence-corrected chi connectivity index (χ4v) is 3.69. The highest BCUT2D eigenvalue weighted by atomic mass is 127. The van der Waals surface area contributed by atoms with Crippen molar-refractivity contribution in [2.75, 3.05) is 18.8 Å². The molecule has 2 unspecified atom stereocenters. The van der Waals surface area contributed by atoms with Crippen molar-refractivity contribution in [2.45, 2.75) is 31.8 Å². The molecule has 2 rings (SSSR count). The van der Waals surface area contributed by atoms with E-state index in [-0.39, 0.29) is 30.0 Å². The average molecular weight is 553 g/mol. The first-order chi connectivity index (χ1) is 13.8. The van der Waals surface area contributed by atoms with E-state index in [9.17, 15) is 17.4 Å². The van der Waals surface area contributed by atoms with Crippen molar-refractivity contribution in [1.82, 2.24) is 10.6 Å². The van der Waals surface area contributed by atoms with Gasteiger partial charge in [-0.3, -0.25) is 9.20 Å². The molecule has 0 bridgehead atoms. The van der Waals surface area contributed by atoms with Crippen LogP contribution in [0.5, 0.6) is 0 Å². The van der Waals surface area contributed by atoms with Crippen molar-refractivity contribution in [2.24, 2.45) is 4.99 Å². The van der Waals surface area contributed by atoms with Crippen molar-refractivity contribution in [1.29, 1.82) is 0 Å². The lowest BCUT2D eigenvalue weighted by Gasteiger charge is -2.19. The van der Waals surface area contributed by atoms with Crippen LogP contribution in [0.25, 0.3) is 0 Å². The lowest BCUT2D eigenvalue weighted by Crippen LogP contribution is -2.39. The molecule has 4 nitrogen and oxygen atoms in total. The number of alkyl halides is 3. The summed E-state index contributed by atoms with van der Waals surface area (Å²) in [6.07, 6.45) is -4.38. The van der Waals surface area contributed by atoms with Crippen LogP contribution < -0.4 is 10.6 Å². The van der Waals surface area contributed by atoms with Crippen molar-refractivity contribution < 1.29 is 17.4 Å². The van der Waals surface area contributed by atoms with Gasteiger partial charge in [-0.15, -0.1) is 24.0 Å². The predicted molar refractivity (Wildman–Crippen MR) is 128 cm³/mol. The molecule has 2 N–H and O–H groups in total. The highest BCUT2D eigenvalue weighted by molar-refractivity contribution is 14.0. The molecule has 0 radical (unpaired) electrons. The zero-order valence-electron chi connectivity index (χ0n) is 16.9. The Morgan fingerprint density at radius 3 is 2.47 bits per heavy atom. The van der Waals surface area contributed by atoms with E-state index in [1.54, 1.807) is 13.0 Å². The number of nitrogens with one attached hydrogen (secondary N) is 2. The number of rotatable bonds is 8. The van der Waals surface area contributed by atoms with Gasteiger partial charge in [0.15, 0.2) is 5.96 Å². The van der Waals surface area contributed by atoms with Crippen LogP contribution in [-0.4, -0.2) is 29.0 Å². The molecule has 0 aliphatic heterocycles. The Bertz CT molecular complexity index is 832. The number of benzene rings is 2. The topological polar surface area (TPSA) is 53.5 Å². The van der Waals surface area contributed by atoms with Gasteiger partial charge in [-0.1, -0.05) is 42.5 Å². The summed E-state index contributed by atoms with van der Waals surface area (Å²) < 4.78 is 51.0. The second-order valence-corrected chi connectivity index (χ2v) is 8.10. The van der Waals surface area contributed by atoms with Gasteiger partial charge in [0.2, 0.25) is 0 Å². The van der Waals surface area contributed by atoms with E-state index < -0.39 is 22.5 Å². The standard InChI is InChI=1S/C21H26F3N3OS.HI/c1-3-25-20(26-12-13-29(28)15-17-8-5-4-6-9-17)27-16(2)18-10-7-11-19(14-18)21(22,23)24;/h4-11,14,16H,3,12-13,15H2,1-2H3,(H2,25,26,27);1H. The van der Waals surface area contributed by atoms with Crippen molar-refractivity contribution in [3.63, 3.8) is 0 Å². The van der Waals surface area contributed by atoms with Crippen LogP contribution in [0.1, 0.15) is 36.6 Å². The molecule has 0 saturated heterocycles. The Kier molecular flexibility index (Phi) is 11.4. The maximum absolute atomic E-state index is 12.9. The van der Waals surface area contributed by atoms with Crippen LogP contribution in [0, 0.1) is 0 Å². The maximum atomic E-state index is 12.9. The van der Waals surface area contributed by atoms with Gasteiger partial charge < -0.3 is 10.6 Å². The molecule has 0 aliphatic carbocycles. The second-order valence-electron chi connectivity index (χ2n) is 6.52. The van der Waals surface area contributed by atoms with Crippen LogP contribution in [0.4, 0.5) is 13.2 Å². The third-order valence-electron chi connectivity index (χ3n) is 4.17.